The summed E-state index contributed by atoms with van der Waals surface area (Å²) in [7, 11) is 1.81. The van der Waals surface area contributed by atoms with Gasteiger partial charge in [0.2, 0.25) is 5.91 Å². The van der Waals surface area contributed by atoms with Gasteiger partial charge in [-0.2, -0.15) is 0 Å². The van der Waals surface area contributed by atoms with Crippen molar-refractivity contribution in [1.29, 1.82) is 0 Å². The monoisotopic (exact) mass is 186 g/mol. The average Bonchev–Trinajstić information content (AvgIpc) is 2.93. The van der Waals surface area contributed by atoms with Crippen molar-refractivity contribution < 1.29 is 9.90 Å². The van der Waals surface area contributed by atoms with Crippen LogP contribution in [-0.4, -0.2) is 37.3 Å². The number of aliphatic hydroxyl groups is 1. The predicted octanol–water partition coefficient (Wildman–Crippen LogP) is -0.517. The third-order valence-electron chi connectivity index (χ3n) is 2.28. The summed E-state index contributed by atoms with van der Waals surface area (Å²) in [5.41, 5.74) is 0. The van der Waals surface area contributed by atoms with Gasteiger partial charge >= 0.3 is 0 Å². The van der Waals surface area contributed by atoms with Crippen LogP contribution < -0.4 is 10.6 Å². The van der Waals surface area contributed by atoms with Gasteiger partial charge in [-0.1, -0.05) is 0 Å². The van der Waals surface area contributed by atoms with Gasteiger partial charge < -0.3 is 15.7 Å². The SMILES string of the molecule is CNCCC(=O)NCC(O)C1CC1. The summed E-state index contributed by atoms with van der Waals surface area (Å²) in [5, 5.41) is 15.0. The topological polar surface area (TPSA) is 61.4 Å². The van der Waals surface area contributed by atoms with Crippen molar-refractivity contribution in [2.45, 2.75) is 25.4 Å². The molecule has 0 aromatic carbocycles. The fraction of sp³-hybridized carbons (Fsp3) is 0.889. The van der Waals surface area contributed by atoms with Gasteiger partial charge in [-0.3, -0.25) is 4.79 Å². The van der Waals surface area contributed by atoms with Gasteiger partial charge in [-0.25, -0.2) is 0 Å². The summed E-state index contributed by atoms with van der Waals surface area (Å²) in [6.07, 6.45) is 2.35. The molecule has 76 valence electrons. The van der Waals surface area contributed by atoms with Crippen LogP contribution in [0.15, 0.2) is 0 Å². The Balaban J connectivity index is 2.00. The first-order chi connectivity index (χ1) is 6.24. The van der Waals surface area contributed by atoms with Crippen LogP contribution in [0.1, 0.15) is 19.3 Å². The van der Waals surface area contributed by atoms with E-state index < -0.39 is 0 Å². The molecule has 1 fully saturated rings. The summed E-state index contributed by atoms with van der Waals surface area (Å²) in [6, 6.07) is 0. The predicted molar refractivity (Wildman–Crippen MR) is 50.3 cm³/mol. The molecule has 1 unspecified atom stereocenters. The highest BCUT2D eigenvalue weighted by Crippen LogP contribution is 2.32. The van der Waals surface area contributed by atoms with Crippen molar-refractivity contribution in [3.63, 3.8) is 0 Å². The van der Waals surface area contributed by atoms with Gasteiger partial charge in [-0.05, 0) is 25.8 Å². The standard InChI is InChI=1S/C9H18N2O2/c1-10-5-4-9(13)11-6-8(12)7-2-3-7/h7-8,10,12H,2-6H2,1H3,(H,11,13). The number of carbonyl (C=O) groups excluding carboxylic acids is 1. The fourth-order valence-electron chi connectivity index (χ4n) is 1.19. The van der Waals surface area contributed by atoms with Crippen LogP contribution in [0.4, 0.5) is 0 Å². The Labute approximate surface area is 78.7 Å². The molecule has 1 aliphatic rings. The van der Waals surface area contributed by atoms with Crippen LogP contribution in [0.2, 0.25) is 0 Å². The van der Waals surface area contributed by atoms with E-state index in [-0.39, 0.29) is 12.0 Å². The lowest BCUT2D eigenvalue weighted by Crippen LogP contribution is -2.34. The summed E-state index contributed by atoms with van der Waals surface area (Å²) in [4.78, 5) is 11.1. The van der Waals surface area contributed by atoms with Crippen LogP contribution in [0.3, 0.4) is 0 Å². The van der Waals surface area contributed by atoms with Gasteiger partial charge in [0, 0.05) is 19.5 Å². The molecule has 1 saturated carbocycles. The van der Waals surface area contributed by atoms with Gasteiger partial charge in [0.25, 0.3) is 0 Å². The van der Waals surface area contributed by atoms with Crippen molar-refractivity contribution in [1.82, 2.24) is 10.6 Å². The summed E-state index contributed by atoms with van der Waals surface area (Å²) < 4.78 is 0. The van der Waals surface area contributed by atoms with Crippen LogP contribution >= 0.6 is 0 Å². The molecular formula is C9H18N2O2. The second-order valence-corrected chi connectivity index (χ2v) is 3.56. The maximum absolute atomic E-state index is 11.1. The molecule has 0 saturated heterocycles. The number of carbonyl (C=O) groups is 1. The first kappa shape index (κ1) is 10.5. The van der Waals surface area contributed by atoms with Crippen molar-refractivity contribution in [2.75, 3.05) is 20.1 Å². The van der Waals surface area contributed by atoms with Crippen molar-refractivity contribution >= 4 is 5.91 Å². The fourth-order valence-corrected chi connectivity index (χ4v) is 1.19. The molecule has 1 rings (SSSR count). The molecule has 3 N–H and O–H groups in total. The lowest BCUT2D eigenvalue weighted by atomic mass is 10.2. The zero-order valence-corrected chi connectivity index (χ0v) is 8.05. The van der Waals surface area contributed by atoms with E-state index in [0.29, 0.717) is 25.4 Å². The highest BCUT2D eigenvalue weighted by Gasteiger charge is 2.29. The molecule has 0 aromatic rings. The highest BCUT2D eigenvalue weighted by molar-refractivity contribution is 5.76. The van der Waals surface area contributed by atoms with Crippen molar-refractivity contribution in [3.05, 3.63) is 0 Å². The Morgan fingerprint density at radius 1 is 1.62 bits per heavy atom. The second-order valence-electron chi connectivity index (χ2n) is 3.56. The molecule has 4 heteroatoms. The number of amides is 1. The minimum atomic E-state index is -0.335. The molecular weight excluding hydrogens is 168 g/mol. The van der Waals surface area contributed by atoms with E-state index in [0.717, 1.165) is 12.8 Å². The molecule has 0 radical (unpaired) electrons. The molecule has 1 amide bonds. The Morgan fingerprint density at radius 3 is 2.85 bits per heavy atom. The first-order valence-corrected chi connectivity index (χ1v) is 4.83. The third kappa shape index (κ3) is 4.24. The zero-order valence-electron chi connectivity index (χ0n) is 8.05. The number of nitrogens with one attached hydrogen (secondary N) is 2. The highest BCUT2D eigenvalue weighted by atomic mass is 16.3. The van der Waals surface area contributed by atoms with Crippen molar-refractivity contribution in [3.8, 4) is 0 Å². The summed E-state index contributed by atoms with van der Waals surface area (Å²) in [6.45, 7) is 1.10. The van der Waals surface area contributed by atoms with E-state index in [1.54, 1.807) is 0 Å². The Hall–Kier alpha value is -0.610. The third-order valence-corrected chi connectivity index (χ3v) is 2.28. The van der Waals surface area contributed by atoms with Crippen LogP contribution in [0, 0.1) is 5.92 Å². The maximum Gasteiger partial charge on any atom is 0.221 e. The van der Waals surface area contributed by atoms with E-state index in [1.807, 2.05) is 7.05 Å². The van der Waals surface area contributed by atoms with Crippen LogP contribution in [-0.2, 0) is 4.79 Å². The molecule has 4 nitrogen and oxygen atoms in total. The maximum atomic E-state index is 11.1. The Morgan fingerprint density at radius 2 is 2.31 bits per heavy atom. The van der Waals surface area contributed by atoms with Gasteiger partial charge in [-0.15, -0.1) is 0 Å². The van der Waals surface area contributed by atoms with Gasteiger partial charge in [0.15, 0.2) is 0 Å². The van der Waals surface area contributed by atoms with E-state index in [2.05, 4.69) is 10.6 Å². The lowest BCUT2D eigenvalue weighted by Gasteiger charge is -2.10. The zero-order chi connectivity index (χ0) is 9.68. The number of hydrogen-bond acceptors (Lipinski definition) is 3. The molecule has 0 heterocycles. The largest absolute Gasteiger partial charge is 0.391 e. The molecule has 0 aromatic heterocycles. The Kier molecular flexibility index (Phi) is 4.18. The normalized spacial score (nSPS) is 18.3. The molecule has 0 bridgehead atoms. The minimum Gasteiger partial charge on any atom is -0.391 e. The van der Waals surface area contributed by atoms with Crippen LogP contribution in [0.25, 0.3) is 0 Å². The van der Waals surface area contributed by atoms with E-state index in [1.165, 1.54) is 0 Å². The minimum absolute atomic E-state index is 0.00838. The van der Waals surface area contributed by atoms with Gasteiger partial charge in [0.05, 0.1) is 6.10 Å². The molecule has 13 heavy (non-hydrogen) atoms. The van der Waals surface area contributed by atoms with E-state index >= 15 is 0 Å². The van der Waals surface area contributed by atoms with Crippen LogP contribution in [0.5, 0.6) is 0 Å². The average molecular weight is 186 g/mol. The first-order valence-electron chi connectivity index (χ1n) is 4.83. The van der Waals surface area contributed by atoms with Crippen molar-refractivity contribution in [2.24, 2.45) is 5.92 Å². The summed E-state index contributed by atoms with van der Waals surface area (Å²) >= 11 is 0. The number of hydrogen-bond donors (Lipinski definition) is 3. The molecule has 1 aliphatic carbocycles. The quantitative estimate of drug-likeness (QED) is 0.523. The van der Waals surface area contributed by atoms with E-state index in [4.69, 9.17) is 0 Å². The van der Waals surface area contributed by atoms with E-state index in [9.17, 15) is 9.90 Å². The summed E-state index contributed by atoms with van der Waals surface area (Å²) in [5.74, 6) is 0.443. The smallest absolute Gasteiger partial charge is 0.221 e. The lowest BCUT2D eigenvalue weighted by molar-refractivity contribution is -0.121. The molecule has 0 aliphatic heterocycles. The Bertz CT molecular complexity index is 169. The number of rotatable bonds is 6. The second kappa shape index (κ2) is 5.19. The van der Waals surface area contributed by atoms with Gasteiger partial charge in [0.1, 0.15) is 0 Å². The number of aliphatic hydroxyl groups excluding tert-OH is 1. The molecule has 1 atom stereocenters. The molecule has 0 spiro atoms.